The van der Waals surface area contributed by atoms with Crippen LogP contribution in [0.2, 0.25) is 0 Å². The quantitative estimate of drug-likeness (QED) is 0.0767. The van der Waals surface area contributed by atoms with Gasteiger partial charge in [-0.2, -0.15) is 0 Å². The van der Waals surface area contributed by atoms with E-state index in [1.54, 1.807) is 14.0 Å². The number of rotatable bonds is 17. The van der Waals surface area contributed by atoms with E-state index in [-0.39, 0.29) is 56.9 Å². The van der Waals surface area contributed by atoms with E-state index in [1.807, 2.05) is 38.1 Å². The first kappa shape index (κ1) is 32.2. The van der Waals surface area contributed by atoms with Gasteiger partial charge in [0.2, 0.25) is 23.6 Å². The summed E-state index contributed by atoms with van der Waals surface area (Å²) in [6.07, 6.45) is 0.468. The average molecular weight is 534 g/mol. The normalized spacial score (nSPS) is 11.9. The Hall–Kier alpha value is -3.84. The summed E-state index contributed by atoms with van der Waals surface area (Å²) in [4.78, 5) is 63.6. The summed E-state index contributed by atoms with van der Waals surface area (Å²) >= 11 is 0. The summed E-state index contributed by atoms with van der Waals surface area (Å²) in [5.74, 6) is -1.93. The molecule has 0 saturated carbocycles. The minimum absolute atomic E-state index is 0.0300. The molecule has 1 aromatic carbocycles. The van der Waals surface area contributed by atoms with Gasteiger partial charge in [-0.25, -0.2) is 0 Å². The lowest BCUT2D eigenvalue weighted by molar-refractivity contribution is -0.128. The summed E-state index contributed by atoms with van der Waals surface area (Å²) in [5, 5.41) is 16.3. The first-order valence-electron chi connectivity index (χ1n) is 12.3. The second-order valence-electron chi connectivity index (χ2n) is 8.79. The van der Waals surface area contributed by atoms with Crippen molar-refractivity contribution in [1.82, 2.24) is 26.6 Å². The van der Waals surface area contributed by atoms with Crippen LogP contribution in [0.1, 0.15) is 31.9 Å². The molecule has 1 atom stereocenters. The van der Waals surface area contributed by atoms with Crippen LogP contribution >= 0.6 is 0 Å². The van der Waals surface area contributed by atoms with Gasteiger partial charge in [0.15, 0.2) is 5.78 Å². The van der Waals surface area contributed by atoms with Gasteiger partial charge in [-0.15, -0.1) is 0 Å². The average Bonchev–Trinajstić information content (AvgIpc) is 2.89. The lowest BCUT2D eigenvalue weighted by Gasteiger charge is -2.13. The summed E-state index contributed by atoms with van der Waals surface area (Å²) in [6.45, 7) is 4.97. The lowest BCUT2D eigenvalue weighted by atomic mass is 9.96. The molecule has 0 aliphatic carbocycles. The van der Waals surface area contributed by atoms with Crippen molar-refractivity contribution in [2.75, 3.05) is 46.4 Å². The van der Waals surface area contributed by atoms with Gasteiger partial charge in [-0.3, -0.25) is 24.0 Å². The Morgan fingerprint density at radius 2 is 1.34 bits per heavy atom. The lowest BCUT2D eigenvalue weighted by Crippen LogP contribution is -2.45. The monoisotopic (exact) mass is 533 g/mol. The van der Waals surface area contributed by atoms with Crippen molar-refractivity contribution in [3.05, 3.63) is 35.4 Å². The fourth-order valence-electron chi connectivity index (χ4n) is 3.04. The summed E-state index contributed by atoms with van der Waals surface area (Å²) in [7, 11) is 1.60. The van der Waals surface area contributed by atoms with E-state index in [1.165, 1.54) is 0 Å². The molecule has 0 aliphatic rings. The fourth-order valence-corrected chi connectivity index (χ4v) is 3.04. The van der Waals surface area contributed by atoms with Crippen molar-refractivity contribution in [2.24, 2.45) is 16.8 Å². The number of oxime groups is 1. The molecule has 0 radical (unpaired) electrons. The molecule has 13 heteroatoms. The summed E-state index contributed by atoms with van der Waals surface area (Å²) < 4.78 is 0. The predicted octanol–water partition coefficient (Wildman–Crippen LogP) is -1.79. The van der Waals surface area contributed by atoms with Crippen LogP contribution in [0.25, 0.3) is 0 Å². The Kier molecular flexibility index (Phi) is 14.9. The van der Waals surface area contributed by atoms with E-state index in [0.29, 0.717) is 12.1 Å². The Labute approximate surface area is 222 Å². The van der Waals surface area contributed by atoms with Crippen molar-refractivity contribution in [3.63, 3.8) is 0 Å². The number of hydrogen-bond donors (Lipinski definition) is 6. The highest BCUT2D eigenvalue weighted by Crippen LogP contribution is 2.10. The van der Waals surface area contributed by atoms with Gasteiger partial charge >= 0.3 is 0 Å². The minimum Gasteiger partial charge on any atom is -0.394 e. The number of amides is 4. The van der Waals surface area contributed by atoms with Gasteiger partial charge in [-0.05, 0) is 31.5 Å². The topological polar surface area (TPSA) is 193 Å². The summed E-state index contributed by atoms with van der Waals surface area (Å²) in [5.41, 5.74) is 8.41. The van der Waals surface area contributed by atoms with E-state index in [4.69, 9.17) is 10.6 Å². The molecule has 4 amide bonds. The molecule has 0 aromatic heterocycles. The van der Waals surface area contributed by atoms with Crippen LogP contribution in [0.5, 0.6) is 0 Å². The molecule has 38 heavy (non-hydrogen) atoms. The number of likely N-dealkylation sites (N-methyl/N-ethyl adjacent to an activating group) is 1. The second-order valence-corrected chi connectivity index (χ2v) is 8.79. The molecule has 1 rings (SSSR count). The van der Waals surface area contributed by atoms with Crippen molar-refractivity contribution in [2.45, 2.75) is 33.2 Å². The van der Waals surface area contributed by atoms with Crippen LogP contribution in [0.4, 0.5) is 0 Å². The first-order valence-corrected chi connectivity index (χ1v) is 12.3. The van der Waals surface area contributed by atoms with Gasteiger partial charge in [0.1, 0.15) is 6.61 Å². The molecule has 0 bridgehead atoms. The highest BCUT2D eigenvalue weighted by molar-refractivity contribution is 5.98. The Morgan fingerprint density at radius 1 is 0.842 bits per heavy atom. The Balaban J connectivity index is 2.24. The van der Waals surface area contributed by atoms with Crippen LogP contribution in [0.15, 0.2) is 29.4 Å². The van der Waals surface area contributed by atoms with Gasteiger partial charge in [0, 0.05) is 5.92 Å². The third-order valence-corrected chi connectivity index (χ3v) is 5.15. The molecule has 210 valence electrons. The van der Waals surface area contributed by atoms with E-state index in [0.717, 1.165) is 11.1 Å². The first-order chi connectivity index (χ1) is 18.0. The number of nitrogens with one attached hydrogen (secondary N) is 5. The van der Waals surface area contributed by atoms with Crippen molar-refractivity contribution in [3.8, 4) is 0 Å². The molecule has 13 nitrogen and oxygen atoms in total. The van der Waals surface area contributed by atoms with Crippen molar-refractivity contribution < 1.29 is 28.8 Å². The molecule has 0 aliphatic heterocycles. The highest BCUT2D eigenvalue weighted by Gasteiger charge is 2.17. The van der Waals surface area contributed by atoms with Gasteiger partial charge in [-0.1, -0.05) is 43.3 Å². The van der Waals surface area contributed by atoms with Crippen LogP contribution in [-0.2, 0) is 35.2 Å². The maximum Gasteiger partial charge on any atom is 0.239 e. The summed E-state index contributed by atoms with van der Waals surface area (Å²) in [6, 6.07) is 7.00. The standard InChI is InChI=1S/C25H39N7O6/c1-16(2)25(37)20(26)11-18-5-7-19(8-6-18)17(3)32-38-10-9-28-22(34)13-30-24(36)15-31-23(35)14-29-21(33)12-27-4/h5-8,16,20,27H,9-15,26H2,1-4H3,(H,28,34)(H,29,33)(H,30,36)(H,31,35)/b32-17+/t20-/m0/s1. The third kappa shape index (κ3) is 13.5. The molecule has 1 aromatic rings. The molecule has 0 spiro atoms. The molecule has 0 saturated heterocycles. The zero-order chi connectivity index (χ0) is 28.5. The molecule has 0 unspecified atom stereocenters. The van der Waals surface area contributed by atoms with E-state index in [9.17, 15) is 24.0 Å². The number of carbonyl (C=O) groups is 5. The second kappa shape index (κ2) is 17.6. The number of ketones is 1. The molecular formula is C25H39N7O6. The SMILES string of the molecule is CNCC(=O)NCC(=O)NCC(=O)NCC(=O)NCCO/N=C(\C)c1ccc(C[C@H](N)C(=O)C(C)C)cc1. The van der Waals surface area contributed by atoms with Crippen molar-refractivity contribution in [1.29, 1.82) is 0 Å². The molecule has 7 N–H and O–H groups in total. The Morgan fingerprint density at radius 3 is 1.84 bits per heavy atom. The van der Waals surface area contributed by atoms with E-state index < -0.39 is 23.8 Å². The highest BCUT2D eigenvalue weighted by atomic mass is 16.6. The zero-order valence-corrected chi connectivity index (χ0v) is 22.4. The maximum absolute atomic E-state index is 12.0. The van der Waals surface area contributed by atoms with E-state index >= 15 is 0 Å². The number of nitrogens with zero attached hydrogens (tertiary/aromatic N) is 1. The molecule has 0 fully saturated rings. The van der Waals surface area contributed by atoms with Crippen LogP contribution in [-0.4, -0.2) is 87.5 Å². The number of nitrogens with two attached hydrogens (primary N) is 1. The van der Waals surface area contributed by atoms with Crippen LogP contribution in [0, 0.1) is 5.92 Å². The van der Waals surface area contributed by atoms with Crippen LogP contribution in [0.3, 0.4) is 0 Å². The van der Waals surface area contributed by atoms with Gasteiger partial charge in [0.25, 0.3) is 0 Å². The molecular weight excluding hydrogens is 494 g/mol. The van der Waals surface area contributed by atoms with E-state index in [2.05, 4.69) is 31.7 Å². The maximum atomic E-state index is 12.0. The van der Waals surface area contributed by atoms with Gasteiger partial charge in [0.05, 0.1) is 44.5 Å². The predicted molar refractivity (Wildman–Crippen MR) is 142 cm³/mol. The van der Waals surface area contributed by atoms with Crippen LogP contribution < -0.4 is 32.3 Å². The molecule has 0 heterocycles. The fraction of sp³-hybridized carbons (Fsp3) is 0.520. The number of benzene rings is 1. The van der Waals surface area contributed by atoms with Crippen molar-refractivity contribution >= 4 is 35.1 Å². The number of hydrogen-bond acceptors (Lipinski definition) is 9. The third-order valence-electron chi connectivity index (χ3n) is 5.15. The van der Waals surface area contributed by atoms with Gasteiger partial charge < -0.3 is 37.2 Å². The Bertz CT molecular complexity index is 979. The largest absolute Gasteiger partial charge is 0.394 e. The number of Topliss-reactive ketones (excluding diaryl/α,β-unsaturated/α-hetero) is 1. The minimum atomic E-state index is -0.550. The number of carbonyl (C=O) groups excluding carboxylic acids is 5. The zero-order valence-electron chi connectivity index (χ0n) is 22.4. The smallest absolute Gasteiger partial charge is 0.239 e.